The topological polar surface area (TPSA) is 17.6 Å². The standard InChI is InChI=1S/C14H22I2N4/c1-9-13(15)11(3)19(17(9)5)7-8-20-12(4)14(16)10(2)18(20)6/h7-8H2,1-6H3/q+2. The molecule has 0 radical (unpaired) electrons. The molecule has 110 valence electrons. The van der Waals surface area contributed by atoms with Crippen molar-refractivity contribution in [1.29, 1.82) is 0 Å². The molecule has 0 saturated heterocycles. The van der Waals surface area contributed by atoms with Crippen molar-refractivity contribution >= 4 is 45.2 Å². The molecule has 0 aliphatic heterocycles. The highest BCUT2D eigenvalue weighted by Crippen LogP contribution is 2.15. The van der Waals surface area contributed by atoms with Gasteiger partial charge < -0.3 is 0 Å². The van der Waals surface area contributed by atoms with E-state index in [-0.39, 0.29) is 0 Å². The van der Waals surface area contributed by atoms with E-state index >= 15 is 0 Å². The highest BCUT2D eigenvalue weighted by molar-refractivity contribution is 14.1. The van der Waals surface area contributed by atoms with Gasteiger partial charge in [-0.15, -0.1) is 9.36 Å². The third kappa shape index (κ3) is 2.53. The molecule has 0 amide bonds. The van der Waals surface area contributed by atoms with Crippen LogP contribution in [0.5, 0.6) is 0 Å². The molecule has 0 spiro atoms. The lowest BCUT2D eigenvalue weighted by molar-refractivity contribution is -0.768. The van der Waals surface area contributed by atoms with Crippen LogP contribution in [0.15, 0.2) is 0 Å². The maximum Gasteiger partial charge on any atom is 0.218 e. The molecule has 0 aliphatic rings. The molecule has 6 heteroatoms. The fraction of sp³-hybridized carbons (Fsp3) is 0.571. The summed E-state index contributed by atoms with van der Waals surface area (Å²) < 4.78 is 12.0. The fourth-order valence-electron chi connectivity index (χ4n) is 2.67. The predicted octanol–water partition coefficient (Wildman–Crippen LogP) is 2.08. The first kappa shape index (κ1) is 16.3. The molecule has 0 aromatic carbocycles. The largest absolute Gasteiger partial charge is 0.218 e. The highest BCUT2D eigenvalue weighted by atomic mass is 127. The van der Waals surface area contributed by atoms with Gasteiger partial charge in [0.05, 0.1) is 11.4 Å². The summed E-state index contributed by atoms with van der Waals surface area (Å²) >= 11 is 4.88. The monoisotopic (exact) mass is 500 g/mol. The van der Waals surface area contributed by atoms with E-state index in [2.05, 4.69) is 106 Å². The predicted molar refractivity (Wildman–Crippen MR) is 95.6 cm³/mol. The van der Waals surface area contributed by atoms with Gasteiger partial charge in [-0.05, 0) is 59.0 Å². The molecule has 0 saturated carbocycles. The molecular weight excluding hydrogens is 478 g/mol. The summed E-state index contributed by atoms with van der Waals surface area (Å²) in [5, 5.41) is 0. The third-order valence-electron chi connectivity index (χ3n) is 4.26. The molecular formula is C14H22I2N4+2. The summed E-state index contributed by atoms with van der Waals surface area (Å²) in [6.45, 7) is 10.7. The summed E-state index contributed by atoms with van der Waals surface area (Å²) in [5.74, 6) is 0. The number of rotatable bonds is 3. The normalized spacial score (nSPS) is 11.4. The van der Waals surface area contributed by atoms with Gasteiger partial charge in [0, 0.05) is 13.8 Å². The van der Waals surface area contributed by atoms with E-state index in [0.717, 1.165) is 13.1 Å². The van der Waals surface area contributed by atoms with Crippen molar-refractivity contribution in [3.05, 3.63) is 29.9 Å². The van der Waals surface area contributed by atoms with Gasteiger partial charge >= 0.3 is 0 Å². The van der Waals surface area contributed by atoms with Gasteiger partial charge in [0.25, 0.3) is 0 Å². The van der Waals surface area contributed by atoms with Gasteiger partial charge in [-0.25, -0.2) is 0 Å². The van der Waals surface area contributed by atoms with Crippen LogP contribution in [0.3, 0.4) is 0 Å². The van der Waals surface area contributed by atoms with Crippen LogP contribution >= 0.6 is 45.2 Å². The van der Waals surface area contributed by atoms with Gasteiger partial charge in [0.1, 0.15) is 20.2 Å². The Bertz CT molecular complexity index is 558. The van der Waals surface area contributed by atoms with E-state index in [1.54, 1.807) is 0 Å². The summed E-state index contributed by atoms with van der Waals surface area (Å²) in [7, 11) is 4.28. The summed E-state index contributed by atoms with van der Waals surface area (Å²) in [6.07, 6.45) is 0. The molecule has 0 atom stereocenters. The number of hydrogen-bond acceptors (Lipinski definition) is 0. The smallest absolute Gasteiger partial charge is 0.155 e. The van der Waals surface area contributed by atoms with Crippen LogP contribution in [0.25, 0.3) is 0 Å². The van der Waals surface area contributed by atoms with E-state index in [1.165, 1.54) is 29.9 Å². The van der Waals surface area contributed by atoms with Gasteiger partial charge in [-0.2, -0.15) is 9.36 Å². The Morgan fingerprint density at radius 2 is 1.05 bits per heavy atom. The second-order valence-electron chi connectivity index (χ2n) is 5.26. The average Bonchev–Trinajstić information content (AvgIpc) is 2.72. The molecule has 2 heterocycles. The zero-order valence-corrected chi connectivity index (χ0v) is 17.3. The lowest BCUT2D eigenvalue weighted by atomic mass is 10.4. The molecule has 0 unspecified atom stereocenters. The zero-order chi connectivity index (χ0) is 15.2. The van der Waals surface area contributed by atoms with Crippen molar-refractivity contribution in [3.8, 4) is 0 Å². The van der Waals surface area contributed by atoms with Crippen molar-refractivity contribution in [1.82, 2.24) is 9.36 Å². The molecule has 20 heavy (non-hydrogen) atoms. The molecule has 0 N–H and O–H groups in total. The van der Waals surface area contributed by atoms with Crippen molar-refractivity contribution in [2.75, 3.05) is 0 Å². The van der Waals surface area contributed by atoms with Gasteiger partial charge in [-0.1, -0.05) is 0 Å². The lowest BCUT2D eigenvalue weighted by Gasteiger charge is -2.05. The van der Waals surface area contributed by atoms with E-state index in [4.69, 9.17) is 0 Å². The van der Waals surface area contributed by atoms with Gasteiger partial charge in [0.15, 0.2) is 14.1 Å². The van der Waals surface area contributed by atoms with E-state index in [0.29, 0.717) is 0 Å². The van der Waals surface area contributed by atoms with Crippen LogP contribution in [0.1, 0.15) is 22.8 Å². The van der Waals surface area contributed by atoms with E-state index in [1.807, 2.05) is 0 Å². The molecule has 2 aromatic heterocycles. The average molecular weight is 500 g/mol. The number of hydrogen-bond donors (Lipinski definition) is 0. The van der Waals surface area contributed by atoms with Gasteiger partial charge in [0.2, 0.25) is 11.4 Å². The highest BCUT2D eigenvalue weighted by Gasteiger charge is 2.23. The first-order valence-electron chi connectivity index (χ1n) is 6.70. The zero-order valence-electron chi connectivity index (χ0n) is 13.0. The molecule has 2 rings (SSSR count). The SMILES string of the molecule is Cc1c(I)c(C)[n+](C)n1CCn1c(C)c(I)c(C)[n+]1C. The van der Waals surface area contributed by atoms with E-state index < -0.39 is 0 Å². The van der Waals surface area contributed by atoms with Crippen molar-refractivity contribution in [2.45, 2.75) is 40.8 Å². The number of halogens is 2. The minimum Gasteiger partial charge on any atom is -0.155 e. The number of aromatic nitrogens is 4. The Labute approximate surface area is 148 Å². The lowest BCUT2D eigenvalue weighted by Crippen LogP contribution is -2.46. The maximum absolute atomic E-state index is 2.44. The minimum atomic E-state index is 0.991. The van der Waals surface area contributed by atoms with Crippen LogP contribution in [0.2, 0.25) is 0 Å². The van der Waals surface area contributed by atoms with Crippen molar-refractivity contribution in [2.24, 2.45) is 14.1 Å². The second kappa shape index (κ2) is 5.94. The Balaban J connectivity index is 2.31. The van der Waals surface area contributed by atoms with Crippen LogP contribution < -0.4 is 9.36 Å². The quantitative estimate of drug-likeness (QED) is 0.454. The van der Waals surface area contributed by atoms with Crippen LogP contribution in [-0.2, 0) is 27.2 Å². The molecule has 0 fully saturated rings. The van der Waals surface area contributed by atoms with Crippen molar-refractivity contribution in [3.63, 3.8) is 0 Å². The Kier molecular flexibility index (Phi) is 4.83. The van der Waals surface area contributed by atoms with Crippen LogP contribution in [0, 0.1) is 34.8 Å². The molecule has 2 aromatic rings. The second-order valence-corrected chi connectivity index (χ2v) is 7.42. The fourth-order valence-corrected chi connectivity index (χ4v) is 3.93. The third-order valence-corrected chi connectivity index (χ3v) is 7.39. The van der Waals surface area contributed by atoms with Crippen LogP contribution in [-0.4, -0.2) is 9.36 Å². The summed E-state index contributed by atoms with van der Waals surface area (Å²) in [4.78, 5) is 0. The Morgan fingerprint density at radius 3 is 1.25 bits per heavy atom. The van der Waals surface area contributed by atoms with Gasteiger partial charge in [-0.3, -0.25) is 0 Å². The van der Waals surface area contributed by atoms with Crippen LogP contribution in [0.4, 0.5) is 0 Å². The van der Waals surface area contributed by atoms with E-state index in [9.17, 15) is 0 Å². The summed E-state index contributed by atoms with van der Waals surface area (Å²) in [5.41, 5.74) is 5.37. The first-order chi connectivity index (χ1) is 9.27. The Morgan fingerprint density at radius 1 is 0.750 bits per heavy atom. The molecule has 4 nitrogen and oxygen atoms in total. The van der Waals surface area contributed by atoms with Crippen molar-refractivity contribution < 1.29 is 9.36 Å². The molecule has 0 bridgehead atoms. The minimum absolute atomic E-state index is 0.991. The maximum atomic E-state index is 2.44. The summed E-state index contributed by atoms with van der Waals surface area (Å²) in [6, 6.07) is 0. The Hall–Kier alpha value is -0.120. The number of nitrogens with zero attached hydrogens (tertiary/aromatic N) is 4. The molecule has 0 aliphatic carbocycles. The first-order valence-corrected chi connectivity index (χ1v) is 8.86.